The summed E-state index contributed by atoms with van der Waals surface area (Å²) < 4.78 is 0. The molecule has 1 aliphatic carbocycles. The molecule has 1 saturated carbocycles. The number of carbonyl (C=O) groups is 2. The van der Waals surface area contributed by atoms with Crippen LogP contribution in [0.3, 0.4) is 0 Å². The number of hydrogen-bond donors (Lipinski definition) is 2. The maximum Gasteiger partial charge on any atom is 0.303 e. The molecule has 1 aliphatic rings. The van der Waals surface area contributed by atoms with Crippen molar-refractivity contribution in [2.24, 2.45) is 11.8 Å². The molecule has 0 aromatic heterocycles. The average molecular weight is 284 g/mol. The van der Waals surface area contributed by atoms with Crippen molar-refractivity contribution in [2.75, 3.05) is 0 Å². The standard InChI is InChI=1S/C16H28O4/c17-15(18)10-5-3-1-2-4-7-13-8-6-9-14(13)11-12-16(19)20/h13-14H,1-12H2,(H,17,18)(H,19,20). The third-order valence-electron chi connectivity index (χ3n) is 4.51. The van der Waals surface area contributed by atoms with E-state index in [2.05, 4.69) is 0 Å². The molecule has 4 nitrogen and oxygen atoms in total. The fourth-order valence-corrected chi connectivity index (χ4v) is 3.40. The van der Waals surface area contributed by atoms with E-state index in [0.717, 1.165) is 31.6 Å². The largest absolute Gasteiger partial charge is 0.481 e. The van der Waals surface area contributed by atoms with Crippen molar-refractivity contribution in [3.8, 4) is 0 Å². The van der Waals surface area contributed by atoms with Crippen LogP contribution in [0.2, 0.25) is 0 Å². The van der Waals surface area contributed by atoms with Crippen molar-refractivity contribution in [3.05, 3.63) is 0 Å². The first-order valence-corrected chi connectivity index (χ1v) is 8.03. The SMILES string of the molecule is O=C(O)CCCCCCCC1CCCC1CCC(=O)O. The first-order valence-electron chi connectivity index (χ1n) is 8.03. The van der Waals surface area contributed by atoms with E-state index in [9.17, 15) is 9.59 Å². The molecule has 0 aliphatic heterocycles. The highest BCUT2D eigenvalue weighted by Gasteiger charge is 2.26. The summed E-state index contributed by atoms with van der Waals surface area (Å²) in [5.41, 5.74) is 0. The van der Waals surface area contributed by atoms with Crippen LogP contribution in [0.1, 0.15) is 77.0 Å². The molecule has 0 spiro atoms. The summed E-state index contributed by atoms with van der Waals surface area (Å²) in [6.07, 6.45) is 11.7. The van der Waals surface area contributed by atoms with Crippen LogP contribution in [0.25, 0.3) is 0 Å². The quantitative estimate of drug-likeness (QED) is 0.560. The molecule has 0 aromatic carbocycles. The van der Waals surface area contributed by atoms with Gasteiger partial charge in [0.1, 0.15) is 0 Å². The van der Waals surface area contributed by atoms with E-state index in [1.807, 2.05) is 0 Å². The Labute approximate surface area is 121 Å². The highest BCUT2D eigenvalue weighted by molar-refractivity contribution is 5.66. The fourth-order valence-electron chi connectivity index (χ4n) is 3.40. The summed E-state index contributed by atoms with van der Waals surface area (Å²) in [4.78, 5) is 21.0. The van der Waals surface area contributed by atoms with Crippen LogP contribution in [-0.4, -0.2) is 22.2 Å². The van der Waals surface area contributed by atoms with Crippen molar-refractivity contribution in [1.29, 1.82) is 0 Å². The normalized spacial score (nSPS) is 22.0. The molecule has 20 heavy (non-hydrogen) atoms. The first kappa shape index (κ1) is 17.0. The van der Waals surface area contributed by atoms with Gasteiger partial charge < -0.3 is 10.2 Å². The number of rotatable bonds is 11. The summed E-state index contributed by atoms with van der Waals surface area (Å²) in [6, 6.07) is 0. The minimum atomic E-state index is -0.697. The first-order chi connectivity index (χ1) is 9.59. The van der Waals surface area contributed by atoms with Gasteiger partial charge in [0.15, 0.2) is 0 Å². The zero-order valence-electron chi connectivity index (χ0n) is 12.4. The highest BCUT2D eigenvalue weighted by Crippen LogP contribution is 2.38. The van der Waals surface area contributed by atoms with Gasteiger partial charge in [-0.2, -0.15) is 0 Å². The van der Waals surface area contributed by atoms with E-state index in [1.54, 1.807) is 0 Å². The highest BCUT2D eigenvalue weighted by atomic mass is 16.4. The van der Waals surface area contributed by atoms with E-state index in [0.29, 0.717) is 18.8 Å². The molecule has 1 fully saturated rings. The van der Waals surface area contributed by atoms with Gasteiger partial charge >= 0.3 is 11.9 Å². The van der Waals surface area contributed by atoms with Gasteiger partial charge in [0.25, 0.3) is 0 Å². The third kappa shape index (κ3) is 7.51. The second-order valence-electron chi connectivity index (χ2n) is 6.08. The zero-order chi connectivity index (χ0) is 14.8. The minimum Gasteiger partial charge on any atom is -0.481 e. The molecule has 0 bridgehead atoms. The Balaban J connectivity index is 2.02. The number of carboxylic acid groups (broad SMARTS) is 2. The third-order valence-corrected chi connectivity index (χ3v) is 4.51. The zero-order valence-corrected chi connectivity index (χ0v) is 12.4. The van der Waals surface area contributed by atoms with Gasteiger partial charge in [0.05, 0.1) is 0 Å². The van der Waals surface area contributed by atoms with E-state index in [-0.39, 0.29) is 0 Å². The second kappa shape index (κ2) is 9.78. The molecule has 116 valence electrons. The maximum absolute atomic E-state index is 10.6. The van der Waals surface area contributed by atoms with Gasteiger partial charge in [0, 0.05) is 12.8 Å². The Morgan fingerprint density at radius 1 is 0.750 bits per heavy atom. The van der Waals surface area contributed by atoms with Crippen LogP contribution < -0.4 is 0 Å². The predicted octanol–water partition coefficient (Wildman–Crippen LogP) is 4.08. The molecule has 0 saturated heterocycles. The number of carboxylic acids is 2. The van der Waals surface area contributed by atoms with E-state index in [4.69, 9.17) is 10.2 Å². The molecule has 0 aromatic rings. The van der Waals surface area contributed by atoms with Crippen molar-refractivity contribution in [2.45, 2.75) is 77.0 Å². The van der Waals surface area contributed by atoms with Crippen LogP contribution in [0.15, 0.2) is 0 Å². The van der Waals surface area contributed by atoms with Crippen LogP contribution in [0.4, 0.5) is 0 Å². The van der Waals surface area contributed by atoms with Gasteiger partial charge in [-0.15, -0.1) is 0 Å². The average Bonchev–Trinajstić information content (AvgIpc) is 2.82. The summed E-state index contributed by atoms with van der Waals surface area (Å²) >= 11 is 0. The smallest absolute Gasteiger partial charge is 0.303 e. The number of hydrogen-bond acceptors (Lipinski definition) is 2. The van der Waals surface area contributed by atoms with Gasteiger partial charge in [-0.1, -0.05) is 51.4 Å². The van der Waals surface area contributed by atoms with Gasteiger partial charge in [-0.3, -0.25) is 9.59 Å². The molecule has 4 heteroatoms. The molecule has 0 amide bonds. The molecule has 2 unspecified atom stereocenters. The monoisotopic (exact) mass is 284 g/mol. The Hall–Kier alpha value is -1.06. The Kier molecular flexibility index (Phi) is 8.31. The van der Waals surface area contributed by atoms with Crippen LogP contribution in [0, 0.1) is 11.8 Å². The summed E-state index contributed by atoms with van der Waals surface area (Å²) in [6.45, 7) is 0. The van der Waals surface area contributed by atoms with Crippen LogP contribution in [-0.2, 0) is 9.59 Å². The van der Waals surface area contributed by atoms with E-state index in [1.165, 1.54) is 38.5 Å². The number of unbranched alkanes of at least 4 members (excludes halogenated alkanes) is 4. The molecule has 0 radical (unpaired) electrons. The van der Waals surface area contributed by atoms with Gasteiger partial charge in [0.2, 0.25) is 0 Å². The molecule has 2 atom stereocenters. The molecule has 0 heterocycles. The van der Waals surface area contributed by atoms with Crippen molar-refractivity contribution >= 4 is 11.9 Å². The lowest BCUT2D eigenvalue weighted by molar-refractivity contribution is -0.138. The number of aliphatic carboxylic acids is 2. The summed E-state index contributed by atoms with van der Waals surface area (Å²) in [5, 5.41) is 17.3. The summed E-state index contributed by atoms with van der Waals surface area (Å²) in [7, 11) is 0. The van der Waals surface area contributed by atoms with Gasteiger partial charge in [-0.25, -0.2) is 0 Å². The van der Waals surface area contributed by atoms with Gasteiger partial charge in [-0.05, 0) is 24.7 Å². The lowest BCUT2D eigenvalue weighted by Crippen LogP contribution is -2.10. The maximum atomic E-state index is 10.6. The second-order valence-corrected chi connectivity index (χ2v) is 6.08. The van der Waals surface area contributed by atoms with E-state index < -0.39 is 11.9 Å². The Bertz CT molecular complexity index is 301. The molecular weight excluding hydrogens is 256 g/mol. The van der Waals surface area contributed by atoms with Crippen molar-refractivity contribution in [3.63, 3.8) is 0 Å². The van der Waals surface area contributed by atoms with Crippen LogP contribution >= 0.6 is 0 Å². The minimum absolute atomic E-state index is 0.292. The summed E-state index contributed by atoms with van der Waals surface area (Å²) in [5.74, 6) is -0.0159. The lowest BCUT2D eigenvalue weighted by Gasteiger charge is -2.18. The molecule has 2 N–H and O–H groups in total. The van der Waals surface area contributed by atoms with E-state index >= 15 is 0 Å². The molecular formula is C16H28O4. The van der Waals surface area contributed by atoms with Crippen molar-refractivity contribution in [1.82, 2.24) is 0 Å². The topological polar surface area (TPSA) is 74.6 Å². The lowest BCUT2D eigenvalue weighted by atomic mass is 9.87. The van der Waals surface area contributed by atoms with Crippen LogP contribution in [0.5, 0.6) is 0 Å². The Morgan fingerprint density at radius 2 is 1.30 bits per heavy atom. The Morgan fingerprint density at radius 3 is 1.95 bits per heavy atom. The van der Waals surface area contributed by atoms with Crippen molar-refractivity contribution < 1.29 is 19.8 Å². The fraction of sp³-hybridized carbons (Fsp3) is 0.875. The molecule has 1 rings (SSSR count). The predicted molar refractivity (Wildman–Crippen MR) is 77.7 cm³/mol.